The van der Waals surface area contributed by atoms with E-state index in [0.717, 1.165) is 30.6 Å². The van der Waals surface area contributed by atoms with Crippen molar-refractivity contribution in [1.82, 2.24) is 9.80 Å². The first-order valence-corrected chi connectivity index (χ1v) is 11.4. The molecule has 0 saturated heterocycles. The maximum absolute atomic E-state index is 13.3. The van der Waals surface area contributed by atoms with Gasteiger partial charge in [-0.05, 0) is 55.3 Å². The van der Waals surface area contributed by atoms with E-state index in [1.807, 2.05) is 36.1 Å². The van der Waals surface area contributed by atoms with Gasteiger partial charge in [-0.1, -0.05) is 23.8 Å². The van der Waals surface area contributed by atoms with Gasteiger partial charge in [0.05, 0.1) is 6.04 Å². The first-order chi connectivity index (χ1) is 14.6. The molecule has 2 amide bonds. The molecule has 4 rings (SSSR count). The van der Waals surface area contributed by atoms with Crippen LogP contribution in [0.2, 0.25) is 0 Å². The average molecular weight is 425 g/mol. The van der Waals surface area contributed by atoms with Gasteiger partial charge >= 0.3 is 0 Å². The number of aryl methyl sites for hydroxylation is 1. The van der Waals surface area contributed by atoms with Crippen molar-refractivity contribution in [2.24, 2.45) is 5.92 Å². The molecule has 158 valence electrons. The van der Waals surface area contributed by atoms with Gasteiger partial charge in [0.2, 0.25) is 11.8 Å². The standard InChI is InChI=1S/C24H28N2O3S/c1-3-12-25(24(28)18-6-7-18)15-23(27)26-13-10-22-20(11-14-30-22)21(26)16-29-19-8-4-17(2)5-9-19/h3-5,8-9,11,14,18,21H,1,6-7,10,12-13,15-16H2,2H3. The Bertz CT molecular complexity index is 917. The maximum Gasteiger partial charge on any atom is 0.242 e. The van der Waals surface area contributed by atoms with Crippen LogP contribution in [-0.2, 0) is 16.0 Å². The van der Waals surface area contributed by atoms with Gasteiger partial charge in [-0.2, -0.15) is 0 Å². The summed E-state index contributed by atoms with van der Waals surface area (Å²) in [6, 6.07) is 9.91. The zero-order valence-corrected chi connectivity index (χ0v) is 18.2. The Balaban J connectivity index is 1.49. The summed E-state index contributed by atoms with van der Waals surface area (Å²) in [5, 5.41) is 2.08. The number of benzene rings is 1. The molecule has 30 heavy (non-hydrogen) atoms. The van der Waals surface area contributed by atoms with Crippen LogP contribution in [0, 0.1) is 12.8 Å². The Morgan fingerprint density at radius 2 is 2.03 bits per heavy atom. The second-order valence-corrected chi connectivity index (χ2v) is 9.06. The minimum atomic E-state index is -0.143. The predicted molar refractivity (Wildman–Crippen MR) is 119 cm³/mol. The lowest BCUT2D eigenvalue weighted by Crippen LogP contribution is -2.48. The third-order valence-electron chi connectivity index (χ3n) is 5.76. The van der Waals surface area contributed by atoms with Crippen LogP contribution in [0.15, 0.2) is 48.4 Å². The van der Waals surface area contributed by atoms with Crippen LogP contribution in [-0.4, -0.2) is 47.9 Å². The molecule has 2 aliphatic rings. The molecule has 1 fully saturated rings. The van der Waals surface area contributed by atoms with Gasteiger partial charge in [-0.3, -0.25) is 9.59 Å². The summed E-state index contributed by atoms with van der Waals surface area (Å²) in [6.45, 7) is 7.35. The van der Waals surface area contributed by atoms with Crippen LogP contribution < -0.4 is 4.74 Å². The molecule has 1 atom stereocenters. The Morgan fingerprint density at radius 3 is 2.73 bits per heavy atom. The molecular formula is C24H28N2O3S. The topological polar surface area (TPSA) is 49.9 Å². The number of rotatable bonds is 8. The smallest absolute Gasteiger partial charge is 0.242 e. The highest BCUT2D eigenvalue weighted by Gasteiger charge is 2.36. The number of carbonyl (C=O) groups excluding carboxylic acids is 2. The van der Waals surface area contributed by atoms with E-state index >= 15 is 0 Å². The first kappa shape index (κ1) is 20.7. The molecule has 1 saturated carbocycles. The van der Waals surface area contributed by atoms with E-state index in [0.29, 0.717) is 19.7 Å². The molecule has 1 aromatic carbocycles. The number of hydrogen-bond acceptors (Lipinski definition) is 4. The van der Waals surface area contributed by atoms with Crippen LogP contribution in [0.1, 0.15) is 34.9 Å². The van der Waals surface area contributed by atoms with E-state index in [-0.39, 0.29) is 30.3 Å². The Hall–Kier alpha value is -2.60. The highest BCUT2D eigenvalue weighted by molar-refractivity contribution is 7.10. The third kappa shape index (κ3) is 4.59. The fraction of sp³-hybridized carbons (Fsp3) is 0.417. The minimum Gasteiger partial charge on any atom is -0.491 e. The molecule has 2 heterocycles. The molecule has 2 aromatic rings. The fourth-order valence-corrected chi connectivity index (χ4v) is 4.84. The number of hydrogen-bond donors (Lipinski definition) is 0. The van der Waals surface area contributed by atoms with Crippen molar-refractivity contribution in [2.75, 3.05) is 26.2 Å². The van der Waals surface area contributed by atoms with Crippen molar-refractivity contribution in [3.05, 3.63) is 64.4 Å². The lowest BCUT2D eigenvalue weighted by atomic mass is 10.0. The molecule has 0 N–H and O–H groups in total. The zero-order valence-electron chi connectivity index (χ0n) is 17.4. The molecule has 1 unspecified atom stereocenters. The molecule has 0 bridgehead atoms. The quantitative estimate of drug-likeness (QED) is 0.602. The number of nitrogens with zero attached hydrogens (tertiary/aromatic N) is 2. The van der Waals surface area contributed by atoms with E-state index in [1.165, 1.54) is 10.4 Å². The second kappa shape index (κ2) is 9.04. The van der Waals surface area contributed by atoms with Gasteiger partial charge in [0.1, 0.15) is 18.9 Å². The van der Waals surface area contributed by atoms with Crippen molar-refractivity contribution in [3.8, 4) is 5.75 Å². The number of fused-ring (bicyclic) bond motifs is 1. The van der Waals surface area contributed by atoms with Gasteiger partial charge in [-0.25, -0.2) is 0 Å². The number of thiophene rings is 1. The van der Waals surface area contributed by atoms with Crippen LogP contribution in [0.3, 0.4) is 0 Å². The largest absolute Gasteiger partial charge is 0.491 e. The number of carbonyl (C=O) groups is 2. The second-order valence-electron chi connectivity index (χ2n) is 8.06. The van der Waals surface area contributed by atoms with E-state index in [2.05, 4.69) is 18.0 Å². The summed E-state index contributed by atoms with van der Waals surface area (Å²) >= 11 is 1.73. The summed E-state index contributed by atoms with van der Waals surface area (Å²) in [4.78, 5) is 30.7. The predicted octanol–water partition coefficient (Wildman–Crippen LogP) is 3.99. The van der Waals surface area contributed by atoms with Gasteiger partial charge < -0.3 is 14.5 Å². The van der Waals surface area contributed by atoms with Crippen molar-refractivity contribution in [1.29, 1.82) is 0 Å². The Labute approximate surface area is 181 Å². The van der Waals surface area contributed by atoms with E-state index in [9.17, 15) is 9.59 Å². The summed E-state index contributed by atoms with van der Waals surface area (Å²) in [7, 11) is 0. The van der Waals surface area contributed by atoms with Gasteiger partial charge in [-0.15, -0.1) is 17.9 Å². The molecule has 5 nitrogen and oxygen atoms in total. The highest BCUT2D eigenvalue weighted by Crippen LogP contribution is 2.35. The van der Waals surface area contributed by atoms with Crippen molar-refractivity contribution in [2.45, 2.75) is 32.2 Å². The molecular weight excluding hydrogens is 396 g/mol. The molecule has 1 aliphatic heterocycles. The summed E-state index contributed by atoms with van der Waals surface area (Å²) < 4.78 is 6.07. The summed E-state index contributed by atoms with van der Waals surface area (Å²) in [5.74, 6) is 0.931. The lowest BCUT2D eigenvalue weighted by molar-refractivity contribution is -0.142. The fourth-order valence-electron chi connectivity index (χ4n) is 3.92. The molecule has 1 aliphatic carbocycles. The van der Waals surface area contributed by atoms with Crippen LogP contribution in [0.5, 0.6) is 5.75 Å². The molecule has 0 radical (unpaired) electrons. The van der Waals surface area contributed by atoms with E-state index in [1.54, 1.807) is 22.3 Å². The van der Waals surface area contributed by atoms with Crippen LogP contribution >= 0.6 is 11.3 Å². The molecule has 1 aromatic heterocycles. The SMILES string of the molecule is C=CCN(CC(=O)N1CCc2sccc2C1COc1ccc(C)cc1)C(=O)C1CC1. The molecule has 0 spiro atoms. The average Bonchev–Trinajstić information content (AvgIpc) is 3.49. The maximum atomic E-state index is 13.3. The van der Waals surface area contributed by atoms with Crippen molar-refractivity contribution >= 4 is 23.2 Å². The van der Waals surface area contributed by atoms with Crippen LogP contribution in [0.25, 0.3) is 0 Å². The zero-order chi connectivity index (χ0) is 21.1. The summed E-state index contributed by atoms with van der Waals surface area (Å²) in [5.41, 5.74) is 2.34. The minimum absolute atomic E-state index is 0.0276. The van der Waals surface area contributed by atoms with Crippen molar-refractivity contribution < 1.29 is 14.3 Å². The Kier molecular flexibility index (Phi) is 6.23. The number of amides is 2. The normalized spacial score (nSPS) is 17.9. The third-order valence-corrected chi connectivity index (χ3v) is 6.75. The van der Waals surface area contributed by atoms with Crippen LogP contribution in [0.4, 0.5) is 0 Å². The monoisotopic (exact) mass is 424 g/mol. The summed E-state index contributed by atoms with van der Waals surface area (Å²) in [6.07, 6.45) is 4.39. The van der Waals surface area contributed by atoms with E-state index in [4.69, 9.17) is 4.74 Å². The van der Waals surface area contributed by atoms with Crippen molar-refractivity contribution in [3.63, 3.8) is 0 Å². The number of ether oxygens (including phenoxy) is 1. The lowest BCUT2D eigenvalue weighted by Gasteiger charge is -2.37. The van der Waals surface area contributed by atoms with Gasteiger partial charge in [0, 0.05) is 23.9 Å². The Morgan fingerprint density at radius 1 is 1.27 bits per heavy atom. The first-order valence-electron chi connectivity index (χ1n) is 10.5. The highest BCUT2D eigenvalue weighted by atomic mass is 32.1. The van der Waals surface area contributed by atoms with Gasteiger partial charge in [0.25, 0.3) is 0 Å². The van der Waals surface area contributed by atoms with E-state index < -0.39 is 0 Å². The molecule has 6 heteroatoms. The van der Waals surface area contributed by atoms with Gasteiger partial charge in [0.15, 0.2) is 0 Å².